The highest BCUT2D eigenvalue weighted by molar-refractivity contribution is 9.10. The standard InChI is InChI=1S/C12H13BrFN3/c1-8-5-10(13)11(14)6-12(8)17-4-3-9(16-17)7-15-2/h3-6,15H,7H2,1-2H3. The molecule has 0 aliphatic carbocycles. The number of nitrogens with one attached hydrogen (secondary N) is 1. The Morgan fingerprint density at radius 1 is 1.47 bits per heavy atom. The van der Waals surface area contributed by atoms with Crippen molar-refractivity contribution in [2.75, 3.05) is 7.05 Å². The van der Waals surface area contributed by atoms with Crippen LogP contribution >= 0.6 is 15.9 Å². The average molecular weight is 298 g/mol. The summed E-state index contributed by atoms with van der Waals surface area (Å²) >= 11 is 3.17. The number of nitrogens with zero attached hydrogens (tertiary/aromatic N) is 2. The first-order valence-electron chi connectivity index (χ1n) is 5.27. The summed E-state index contributed by atoms with van der Waals surface area (Å²) in [6.07, 6.45) is 1.84. The van der Waals surface area contributed by atoms with Crippen LogP contribution in [0.25, 0.3) is 5.69 Å². The molecular weight excluding hydrogens is 285 g/mol. The number of hydrogen-bond donors (Lipinski definition) is 1. The quantitative estimate of drug-likeness (QED) is 0.944. The Morgan fingerprint density at radius 2 is 2.24 bits per heavy atom. The number of halogens is 2. The predicted molar refractivity (Wildman–Crippen MR) is 68.7 cm³/mol. The fourth-order valence-electron chi connectivity index (χ4n) is 1.65. The van der Waals surface area contributed by atoms with Gasteiger partial charge < -0.3 is 5.32 Å². The van der Waals surface area contributed by atoms with Crippen LogP contribution in [0.2, 0.25) is 0 Å². The van der Waals surface area contributed by atoms with Crippen LogP contribution in [0.5, 0.6) is 0 Å². The predicted octanol–water partition coefficient (Wildman–Crippen LogP) is 2.80. The minimum Gasteiger partial charge on any atom is -0.314 e. The number of hydrogen-bond acceptors (Lipinski definition) is 2. The second kappa shape index (κ2) is 4.98. The molecule has 0 saturated heterocycles. The van der Waals surface area contributed by atoms with Crippen molar-refractivity contribution in [3.63, 3.8) is 0 Å². The molecule has 0 amide bonds. The highest BCUT2D eigenvalue weighted by atomic mass is 79.9. The smallest absolute Gasteiger partial charge is 0.139 e. The molecule has 0 spiro atoms. The van der Waals surface area contributed by atoms with Gasteiger partial charge in [-0.2, -0.15) is 5.10 Å². The minimum atomic E-state index is -0.281. The van der Waals surface area contributed by atoms with Gasteiger partial charge >= 0.3 is 0 Å². The van der Waals surface area contributed by atoms with Crippen molar-refractivity contribution in [2.24, 2.45) is 0 Å². The van der Waals surface area contributed by atoms with Crippen molar-refractivity contribution in [3.05, 3.63) is 45.9 Å². The van der Waals surface area contributed by atoms with Crippen LogP contribution in [0.1, 0.15) is 11.3 Å². The Morgan fingerprint density at radius 3 is 2.94 bits per heavy atom. The summed E-state index contributed by atoms with van der Waals surface area (Å²) in [5.41, 5.74) is 2.65. The molecule has 0 atom stereocenters. The molecule has 5 heteroatoms. The van der Waals surface area contributed by atoms with Gasteiger partial charge in [-0.1, -0.05) is 0 Å². The number of rotatable bonds is 3. The van der Waals surface area contributed by atoms with Gasteiger partial charge in [-0.15, -0.1) is 0 Å². The van der Waals surface area contributed by atoms with Gasteiger partial charge in [-0.05, 0) is 47.6 Å². The molecule has 0 saturated carbocycles. The Balaban J connectivity index is 2.41. The van der Waals surface area contributed by atoms with Crippen LogP contribution < -0.4 is 5.32 Å². The fraction of sp³-hybridized carbons (Fsp3) is 0.250. The molecule has 1 aromatic heterocycles. The van der Waals surface area contributed by atoms with Crippen LogP contribution in [0.3, 0.4) is 0 Å². The summed E-state index contributed by atoms with van der Waals surface area (Å²) in [6, 6.07) is 5.15. The molecule has 1 aromatic carbocycles. The number of aryl methyl sites for hydroxylation is 1. The molecule has 3 nitrogen and oxygen atoms in total. The zero-order valence-electron chi connectivity index (χ0n) is 9.67. The zero-order valence-corrected chi connectivity index (χ0v) is 11.3. The van der Waals surface area contributed by atoms with Crippen LogP contribution in [-0.2, 0) is 6.54 Å². The molecule has 17 heavy (non-hydrogen) atoms. The fourth-order valence-corrected chi connectivity index (χ4v) is 2.11. The van der Waals surface area contributed by atoms with E-state index in [1.54, 1.807) is 10.7 Å². The van der Waals surface area contributed by atoms with Gasteiger partial charge in [0.15, 0.2) is 0 Å². The summed E-state index contributed by atoms with van der Waals surface area (Å²) in [6.45, 7) is 2.63. The van der Waals surface area contributed by atoms with Crippen molar-refractivity contribution < 1.29 is 4.39 Å². The van der Waals surface area contributed by atoms with Crippen LogP contribution in [-0.4, -0.2) is 16.8 Å². The van der Waals surface area contributed by atoms with Crippen molar-refractivity contribution in [1.82, 2.24) is 15.1 Å². The lowest BCUT2D eigenvalue weighted by Gasteiger charge is -2.07. The second-order valence-corrected chi connectivity index (χ2v) is 4.69. The summed E-state index contributed by atoms with van der Waals surface area (Å²) in [5.74, 6) is -0.281. The molecule has 0 unspecified atom stereocenters. The molecule has 0 fully saturated rings. The molecule has 90 valence electrons. The summed E-state index contributed by atoms with van der Waals surface area (Å²) in [7, 11) is 1.86. The maximum atomic E-state index is 13.5. The Hall–Kier alpha value is -1.20. The van der Waals surface area contributed by atoms with Gasteiger partial charge in [0.25, 0.3) is 0 Å². The average Bonchev–Trinajstić information content (AvgIpc) is 2.72. The monoisotopic (exact) mass is 297 g/mol. The van der Waals surface area contributed by atoms with E-state index in [4.69, 9.17) is 0 Å². The van der Waals surface area contributed by atoms with Gasteiger partial charge in [0.2, 0.25) is 0 Å². The van der Waals surface area contributed by atoms with Crippen LogP contribution in [0, 0.1) is 12.7 Å². The maximum Gasteiger partial charge on any atom is 0.139 e. The lowest BCUT2D eigenvalue weighted by molar-refractivity contribution is 0.617. The van der Waals surface area contributed by atoms with E-state index >= 15 is 0 Å². The first-order valence-corrected chi connectivity index (χ1v) is 6.06. The second-order valence-electron chi connectivity index (χ2n) is 3.83. The third kappa shape index (κ3) is 2.56. The number of benzene rings is 1. The van der Waals surface area contributed by atoms with E-state index in [1.165, 1.54) is 6.07 Å². The molecule has 1 heterocycles. The van der Waals surface area contributed by atoms with E-state index in [-0.39, 0.29) is 5.82 Å². The summed E-state index contributed by atoms with van der Waals surface area (Å²) in [5, 5.41) is 7.40. The van der Waals surface area contributed by atoms with Gasteiger partial charge in [0, 0.05) is 18.8 Å². The van der Waals surface area contributed by atoms with Crippen LogP contribution in [0.15, 0.2) is 28.9 Å². The highest BCUT2D eigenvalue weighted by Crippen LogP contribution is 2.22. The van der Waals surface area contributed by atoms with Crippen molar-refractivity contribution in [3.8, 4) is 5.69 Å². The Kier molecular flexibility index (Phi) is 3.59. The lowest BCUT2D eigenvalue weighted by Crippen LogP contribution is -2.07. The molecule has 0 aliphatic heterocycles. The van der Waals surface area contributed by atoms with Gasteiger partial charge in [0.05, 0.1) is 15.9 Å². The lowest BCUT2D eigenvalue weighted by atomic mass is 10.2. The first kappa shape index (κ1) is 12.3. The molecule has 2 rings (SSSR count). The van der Waals surface area contributed by atoms with Gasteiger partial charge in [-0.3, -0.25) is 0 Å². The largest absolute Gasteiger partial charge is 0.314 e. The topological polar surface area (TPSA) is 29.9 Å². The highest BCUT2D eigenvalue weighted by Gasteiger charge is 2.08. The van der Waals surface area contributed by atoms with Crippen LogP contribution in [0.4, 0.5) is 4.39 Å². The van der Waals surface area contributed by atoms with Gasteiger partial charge in [-0.25, -0.2) is 9.07 Å². The zero-order chi connectivity index (χ0) is 12.4. The third-order valence-electron chi connectivity index (χ3n) is 2.49. The summed E-state index contributed by atoms with van der Waals surface area (Å²) in [4.78, 5) is 0. The van der Waals surface area contributed by atoms with Crippen molar-refractivity contribution in [1.29, 1.82) is 0 Å². The molecule has 2 aromatic rings. The summed E-state index contributed by atoms with van der Waals surface area (Å²) < 4.78 is 15.7. The van der Waals surface area contributed by atoms with E-state index in [1.807, 2.05) is 26.2 Å². The maximum absolute atomic E-state index is 13.5. The molecular formula is C12H13BrFN3. The SMILES string of the molecule is CNCc1ccn(-c2cc(F)c(Br)cc2C)n1. The molecule has 0 aliphatic rings. The normalized spacial score (nSPS) is 10.8. The first-order chi connectivity index (χ1) is 8.11. The molecule has 1 N–H and O–H groups in total. The van der Waals surface area contributed by atoms with E-state index < -0.39 is 0 Å². The van der Waals surface area contributed by atoms with Crippen molar-refractivity contribution >= 4 is 15.9 Å². The van der Waals surface area contributed by atoms with Gasteiger partial charge in [0.1, 0.15) is 5.82 Å². The van der Waals surface area contributed by atoms with E-state index in [0.717, 1.165) is 16.9 Å². The van der Waals surface area contributed by atoms with E-state index in [9.17, 15) is 4.39 Å². The number of aromatic nitrogens is 2. The third-order valence-corrected chi connectivity index (χ3v) is 3.10. The van der Waals surface area contributed by atoms with E-state index in [0.29, 0.717) is 11.0 Å². The van der Waals surface area contributed by atoms with E-state index in [2.05, 4.69) is 26.3 Å². The minimum absolute atomic E-state index is 0.281. The molecule has 0 bridgehead atoms. The molecule has 0 radical (unpaired) electrons. The van der Waals surface area contributed by atoms with Crippen molar-refractivity contribution in [2.45, 2.75) is 13.5 Å². The Bertz CT molecular complexity index is 537. The Labute approximate surface area is 108 Å².